The van der Waals surface area contributed by atoms with Crippen molar-refractivity contribution >= 4 is 33.6 Å². The van der Waals surface area contributed by atoms with Crippen molar-refractivity contribution in [3.63, 3.8) is 0 Å². The standard InChI is InChI=1S/C13H18BrNO2S/c1-18-10-8-15-13(16)11-3-5-12(6-4-11)17-9-2-7-14/h3-6H,2,7-10H2,1H3,(H,15,16). The molecule has 1 amide bonds. The van der Waals surface area contributed by atoms with Gasteiger partial charge in [0.25, 0.3) is 5.91 Å². The van der Waals surface area contributed by atoms with Gasteiger partial charge in [-0.2, -0.15) is 11.8 Å². The lowest BCUT2D eigenvalue weighted by molar-refractivity contribution is 0.0956. The fraction of sp³-hybridized carbons (Fsp3) is 0.462. The second-order valence-corrected chi connectivity index (χ2v) is 5.44. The van der Waals surface area contributed by atoms with Crippen LogP contribution in [0.4, 0.5) is 0 Å². The van der Waals surface area contributed by atoms with Gasteiger partial charge in [-0.25, -0.2) is 0 Å². The van der Waals surface area contributed by atoms with Crippen LogP contribution in [0.2, 0.25) is 0 Å². The molecule has 0 aliphatic carbocycles. The second kappa shape index (κ2) is 9.28. The summed E-state index contributed by atoms with van der Waals surface area (Å²) in [4.78, 5) is 11.7. The monoisotopic (exact) mass is 331 g/mol. The molecule has 5 heteroatoms. The van der Waals surface area contributed by atoms with E-state index in [9.17, 15) is 4.79 Å². The summed E-state index contributed by atoms with van der Waals surface area (Å²) in [5.41, 5.74) is 0.670. The van der Waals surface area contributed by atoms with Crippen LogP contribution in [0.15, 0.2) is 24.3 Å². The molecule has 0 saturated carbocycles. The molecule has 0 bridgehead atoms. The Morgan fingerprint density at radius 2 is 2.11 bits per heavy atom. The lowest BCUT2D eigenvalue weighted by Gasteiger charge is -2.07. The molecule has 0 fully saturated rings. The third-order valence-corrected chi connectivity index (χ3v) is 3.43. The van der Waals surface area contributed by atoms with E-state index in [1.807, 2.05) is 18.4 Å². The van der Waals surface area contributed by atoms with E-state index in [1.165, 1.54) is 0 Å². The maximum Gasteiger partial charge on any atom is 0.251 e. The van der Waals surface area contributed by atoms with E-state index < -0.39 is 0 Å². The van der Waals surface area contributed by atoms with Crippen LogP contribution in [-0.4, -0.2) is 36.4 Å². The SMILES string of the molecule is CSCCNC(=O)c1ccc(OCCCBr)cc1. The van der Waals surface area contributed by atoms with Gasteiger partial charge >= 0.3 is 0 Å². The molecule has 100 valence electrons. The number of benzene rings is 1. The molecule has 0 aromatic heterocycles. The fourth-order valence-electron chi connectivity index (χ4n) is 1.32. The number of hydrogen-bond donors (Lipinski definition) is 1. The number of nitrogens with one attached hydrogen (secondary N) is 1. The zero-order chi connectivity index (χ0) is 13.2. The maximum absolute atomic E-state index is 11.7. The van der Waals surface area contributed by atoms with E-state index in [4.69, 9.17) is 4.74 Å². The number of hydrogen-bond acceptors (Lipinski definition) is 3. The molecular weight excluding hydrogens is 314 g/mol. The van der Waals surface area contributed by atoms with Crippen LogP contribution in [0.25, 0.3) is 0 Å². The van der Waals surface area contributed by atoms with Crippen molar-refractivity contribution in [2.75, 3.05) is 30.5 Å². The first-order chi connectivity index (χ1) is 8.77. The normalized spacial score (nSPS) is 10.1. The minimum atomic E-state index is -0.0314. The van der Waals surface area contributed by atoms with E-state index in [0.29, 0.717) is 18.7 Å². The summed E-state index contributed by atoms with van der Waals surface area (Å²) < 4.78 is 5.51. The highest BCUT2D eigenvalue weighted by Gasteiger charge is 2.04. The minimum Gasteiger partial charge on any atom is -0.494 e. The molecule has 1 aromatic rings. The second-order valence-electron chi connectivity index (χ2n) is 3.66. The van der Waals surface area contributed by atoms with E-state index in [2.05, 4.69) is 21.2 Å². The Morgan fingerprint density at radius 3 is 2.72 bits per heavy atom. The summed E-state index contributed by atoms with van der Waals surface area (Å²) in [5, 5.41) is 3.80. The molecule has 3 nitrogen and oxygen atoms in total. The number of carbonyl (C=O) groups excluding carboxylic acids is 1. The molecule has 1 N–H and O–H groups in total. The van der Waals surface area contributed by atoms with Crippen molar-refractivity contribution in [2.45, 2.75) is 6.42 Å². The Kier molecular flexibility index (Phi) is 7.93. The molecule has 0 heterocycles. The number of ether oxygens (including phenoxy) is 1. The molecule has 0 spiro atoms. The van der Waals surface area contributed by atoms with Gasteiger partial charge in [-0.1, -0.05) is 15.9 Å². The molecule has 1 rings (SSSR count). The van der Waals surface area contributed by atoms with Crippen LogP contribution in [0.5, 0.6) is 5.75 Å². The third-order valence-electron chi connectivity index (χ3n) is 2.25. The van der Waals surface area contributed by atoms with Crippen molar-refractivity contribution in [3.05, 3.63) is 29.8 Å². The first kappa shape index (κ1) is 15.4. The minimum absolute atomic E-state index is 0.0314. The van der Waals surface area contributed by atoms with Crippen molar-refractivity contribution < 1.29 is 9.53 Å². The molecule has 0 aliphatic heterocycles. The molecular formula is C13H18BrNO2S. The average Bonchev–Trinajstić information content (AvgIpc) is 2.40. The van der Waals surface area contributed by atoms with Gasteiger partial charge in [-0.3, -0.25) is 4.79 Å². The zero-order valence-electron chi connectivity index (χ0n) is 10.4. The number of halogens is 1. The van der Waals surface area contributed by atoms with Gasteiger partial charge in [0, 0.05) is 23.2 Å². The highest BCUT2D eigenvalue weighted by atomic mass is 79.9. The Morgan fingerprint density at radius 1 is 1.39 bits per heavy atom. The van der Waals surface area contributed by atoms with Gasteiger partial charge in [0.2, 0.25) is 0 Å². The van der Waals surface area contributed by atoms with Gasteiger partial charge in [-0.05, 0) is 36.9 Å². The molecule has 0 radical (unpaired) electrons. The predicted molar refractivity (Wildman–Crippen MR) is 81.1 cm³/mol. The first-order valence-electron chi connectivity index (χ1n) is 5.84. The summed E-state index contributed by atoms with van der Waals surface area (Å²) in [5.74, 6) is 1.70. The smallest absolute Gasteiger partial charge is 0.251 e. The largest absolute Gasteiger partial charge is 0.494 e. The van der Waals surface area contributed by atoms with Crippen molar-refractivity contribution in [1.29, 1.82) is 0 Å². The van der Waals surface area contributed by atoms with Gasteiger partial charge in [0.05, 0.1) is 6.61 Å². The topological polar surface area (TPSA) is 38.3 Å². The number of thioether (sulfide) groups is 1. The average molecular weight is 332 g/mol. The van der Waals surface area contributed by atoms with Crippen molar-refractivity contribution in [2.24, 2.45) is 0 Å². The molecule has 0 atom stereocenters. The van der Waals surface area contributed by atoms with Crippen molar-refractivity contribution in [1.82, 2.24) is 5.32 Å². The lowest BCUT2D eigenvalue weighted by Crippen LogP contribution is -2.25. The lowest BCUT2D eigenvalue weighted by atomic mass is 10.2. The number of alkyl halides is 1. The van der Waals surface area contributed by atoms with Gasteiger partial charge in [0.15, 0.2) is 0 Å². The van der Waals surface area contributed by atoms with Crippen LogP contribution in [0.1, 0.15) is 16.8 Å². The van der Waals surface area contributed by atoms with Crippen LogP contribution < -0.4 is 10.1 Å². The summed E-state index contributed by atoms with van der Waals surface area (Å²) in [6, 6.07) is 7.24. The quantitative estimate of drug-likeness (QED) is 0.588. The molecule has 18 heavy (non-hydrogen) atoms. The van der Waals surface area contributed by atoms with E-state index in [1.54, 1.807) is 23.9 Å². The highest BCUT2D eigenvalue weighted by molar-refractivity contribution is 9.09. The van der Waals surface area contributed by atoms with Crippen LogP contribution in [0, 0.1) is 0 Å². The Hall–Kier alpha value is -0.680. The van der Waals surface area contributed by atoms with Crippen LogP contribution >= 0.6 is 27.7 Å². The summed E-state index contributed by atoms with van der Waals surface area (Å²) >= 11 is 5.06. The van der Waals surface area contributed by atoms with Gasteiger partial charge in [0.1, 0.15) is 5.75 Å². The number of amides is 1. The Labute approximate surface area is 121 Å². The summed E-state index contributed by atoms with van der Waals surface area (Å²) in [6.45, 7) is 1.38. The Bertz CT molecular complexity index is 357. The van der Waals surface area contributed by atoms with E-state index >= 15 is 0 Å². The summed E-state index contributed by atoms with van der Waals surface area (Å²) in [6.07, 6.45) is 2.99. The maximum atomic E-state index is 11.7. The molecule has 0 saturated heterocycles. The van der Waals surface area contributed by atoms with Crippen LogP contribution in [-0.2, 0) is 0 Å². The predicted octanol–water partition coefficient (Wildman–Crippen LogP) is 2.94. The van der Waals surface area contributed by atoms with E-state index in [0.717, 1.165) is 23.3 Å². The first-order valence-corrected chi connectivity index (χ1v) is 8.35. The molecule has 1 aromatic carbocycles. The van der Waals surface area contributed by atoms with Gasteiger partial charge < -0.3 is 10.1 Å². The zero-order valence-corrected chi connectivity index (χ0v) is 12.9. The molecule has 0 aliphatic rings. The molecule has 0 unspecified atom stereocenters. The summed E-state index contributed by atoms with van der Waals surface area (Å²) in [7, 11) is 0. The van der Waals surface area contributed by atoms with Crippen LogP contribution in [0.3, 0.4) is 0 Å². The fourth-order valence-corrected chi connectivity index (χ4v) is 1.85. The Balaban J connectivity index is 2.41. The van der Waals surface area contributed by atoms with Crippen molar-refractivity contribution in [3.8, 4) is 5.75 Å². The number of rotatable bonds is 8. The number of carbonyl (C=O) groups is 1. The van der Waals surface area contributed by atoms with Gasteiger partial charge in [-0.15, -0.1) is 0 Å². The third kappa shape index (κ3) is 5.78. The highest BCUT2D eigenvalue weighted by Crippen LogP contribution is 2.12. The van der Waals surface area contributed by atoms with E-state index in [-0.39, 0.29) is 5.91 Å².